The number of nitrogens with zero attached hydrogens (tertiary/aromatic N) is 1. The van der Waals surface area contributed by atoms with Crippen molar-refractivity contribution in [3.05, 3.63) is 29.3 Å². The van der Waals surface area contributed by atoms with Crippen molar-refractivity contribution in [1.29, 1.82) is 0 Å². The fraction of sp³-hybridized carbons (Fsp3) is 0.619. The molecule has 0 bridgehead atoms. The Morgan fingerprint density at radius 3 is 2.58 bits per heavy atom. The maximum Gasteiger partial charge on any atom is 0.223 e. The summed E-state index contributed by atoms with van der Waals surface area (Å²) in [7, 11) is 0. The lowest BCUT2D eigenvalue weighted by Gasteiger charge is -2.32. The summed E-state index contributed by atoms with van der Waals surface area (Å²) in [6.07, 6.45) is 5.18. The molecule has 1 saturated carbocycles. The van der Waals surface area contributed by atoms with E-state index in [9.17, 15) is 9.59 Å². The Bertz CT molecular complexity index is 647. The number of ether oxygens (including phenoxy) is 1. The van der Waals surface area contributed by atoms with Gasteiger partial charge in [-0.2, -0.15) is 0 Å². The number of likely N-dealkylation sites (tertiary alicyclic amines) is 1. The average molecular weight is 358 g/mol. The number of carbonyl (C=O) groups is 2. The topological polar surface area (TPSA) is 58.6 Å². The van der Waals surface area contributed by atoms with E-state index in [2.05, 4.69) is 37.4 Å². The Hall–Kier alpha value is -2.04. The van der Waals surface area contributed by atoms with E-state index in [1.54, 1.807) is 0 Å². The van der Waals surface area contributed by atoms with Crippen molar-refractivity contribution in [2.45, 2.75) is 58.5 Å². The van der Waals surface area contributed by atoms with Crippen LogP contribution in [0.1, 0.15) is 49.7 Å². The van der Waals surface area contributed by atoms with Crippen LogP contribution >= 0.6 is 0 Å². The summed E-state index contributed by atoms with van der Waals surface area (Å²) in [5, 5.41) is 2.92. The van der Waals surface area contributed by atoms with E-state index in [0.717, 1.165) is 56.5 Å². The van der Waals surface area contributed by atoms with Crippen LogP contribution in [0.3, 0.4) is 0 Å². The smallest absolute Gasteiger partial charge is 0.223 e. The molecule has 1 aromatic rings. The SMILES string of the molecule is Cc1ccc(C)c(OC2CCN(C(=O)CCCNC(=O)C3CC3)CC2)c1. The lowest BCUT2D eigenvalue weighted by Crippen LogP contribution is -2.42. The van der Waals surface area contributed by atoms with Crippen molar-refractivity contribution in [2.75, 3.05) is 19.6 Å². The normalized spacial score (nSPS) is 17.8. The van der Waals surface area contributed by atoms with Crippen LogP contribution in [0.4, 0.5) is 0 Å². The number of rotatable bonds is 7. The highest BCUT2D eigenvalue weighted by atomic mass is 16.5. The first kappa shape index (κ1) is 18.7. The molecule has 0 unspecified atom stereocenters. The monoisotopic (exact) mass is 358 g/mol. The standard InChI is InChI=1S/C21H30N2O3/c1-15-5-6-16(2)19(14-15)26-18-9-12-23(13-10-18)20(24)4-3-11-22-21(25)17-7-8-17/h5-6,14,17-18H,3-4,7-13H2,1-2H3,(H,22,25). The van der Waals surface area contributed by atoms with Gasteiger partial charge in [0, 0.05) is 44.8 Å². The zero-order valence-electron chi connectivity index (χ0n) is 15.9. The van der Waals surface area contributed by atoms with Crippen LogP contribution in [-0.4, -0.2) is 42.5 Å². The van der Waals surface area contributed by atoms with Gasteiger partial charge in [-0.25, -0.2) is 0 Å². The van der Waals surface area contributed by atoms with E-state index in [0.29, 0.717) is 13.0 Å². The van der Waals surface area contributed by atoms with Crippen molar-refractivity contribution in [1.82, 2.24) is 10.2 Å². The van der Waals surface area contributed by atoms with Gasteiger partial charge in [-0.1, -0.05) is 12.1 Å². The van der Waals surface area contributed by atoms with Crippen LogP contribution in [0.2, 0.25) is 0 Å². The average Bonchev–Trinajstić information content (AvgIpc) is 3.47. The Balaban J connectivity index is 1.35. The molecule has 5 nitrogen and oxygen atoms in total. The maximum absolute atomic E-state index is 12.3. The van der Waals surface area contributed by atoms with Crippen molar-refractivity contribution in [3.63, 3.8) is 0 Å². The summed E-state index contributed by atoms with van der Waals surface area (Å²) >= 11 is 0. The minimum Gasteiger partial charge on any atom is -0.490 e. The molecule has 1 N–H and O–H groups in total. The number of nitrogens with one attached hydrogen (secondary N) is 1. The van der Waals surface area contributed by atoms with Crippen LogP contribution in [0.15, 0.2) is 18.2 Å². The minimum absolute atomic E-state index is 0.154. The maximum atomic E-state index is 12.3. The van der Waals surface area contributed by atoms with Gasteiger partial charge in [0.05, 0.1) is 0 Å². The molecule has 2 amide bonds. The van der Waals surface area contributed by atoms with Gasteiger partial charge >= 0.3 is 0 Å². The highest BCUT2D eigenvalue weighted by molar-refractivity contribution is 5.81. The number of hydrogen-bond acceptors (Lipinski definition) is 3. The molecule has 1 aliphatic heterocycles. The number of hydrogen-bond donors (Lipinski definition) is 1. The predicted molar refractivity (Wildman–Crippen MR) is 101 cm³/mol. The van der Waals surface area contributed by atoms with E-state index < -0.39 is 0 Å². The van der Waals surface area contributed by atoms with E-state index in [-0.39, 0.29) is 23.8 Å². The first-order chi connectivity index (χ1) is 12.5. The summed E-state index contributed by atoms with van der Waals surface area (Å²) in [5.74, 6) is 1.54. The van der Waals surface area contributed by atoms with E-state index in [1.807, 2.05) is 4.90 Å². The molecule has 2 fully saturated rings. The van der Waals surface area contributed by atoms with Crippen molar-refractivity contribution < 1.29 is 14.3 Å². The fourth-order valence-electron chi connectivity index (χ4n) is 3.34. The molecule has 0 atom stereocenters. The highest BCUT2D eigenvalue weighted by Crippen LogP contribution is 2.28. The summed E-state index contributed by atoms with van der Waals surface area (Å²) in [4.78, 5) is 25.8. The second-order valence-electron chi connectivity index (χ2n) is 7.64. The van der Waals surface area contributed by atoms with Crippen molar-refractivity contribution in [2.24, 2.45) is 5.92 Å². The third-order valence-electron chi connectivity index (χ3n) is 5.25. The van der Waals surface area contributed by atoms with Gasteiger partial charge in [-0.3, -0.25) is 9.59 Å². The van der Waals surface area contributed by atoms with E-state index in [1.165, 1.54) is 5.56 Å². The quantitative estimate of drug-likeness (QED) is 0.763. The van der Waals surface area contributed by atoms with E-state index in [4.69, 9.17) is 4.74 Å². The predicted octanol–water partition coefficient (Wildman–Crippen LogP) is 2.98. The minimum atomic E-state index is 0.154. The van der Waals surface area contributed by atoms with Crippen molar-refractivity contribution >= 4 is 11.8 Å². The Morgan fingerprint density at radius 1 is 1.15 bits per heavy atom. The van der Waals surface area contributed by atoms with Gasteiger partial charge in [0.2, 0.25) is 11.8 Å². The van der Waals surface area contributed by atoms with E-state index >= 15 is 0 Å². The largest absolute Gasteiger partial charge is 0.490 e. The first-order valence-corrected chi connectivity index (χ1v) is 9.82. The third kappa shape index (κ3) is 5.23. The first-order valence-electron chi connectivity index (χ1n) is 9.82. The van der Waals surface area contributed by atoms with Gasteiger partial charge < -0.3 is 15.0 Å². The van der Waals surface area contributed by atoms with Crippen LogP contribution < -0.4 is 10.1 Å². The Labute approximate surface area is 156 Å². The van der Waals surface area contributed by atoms with Crippen LogP contribution in [0.25, 0.3) is 0 Å². The number of aryl methyl sites for hydroxylation is 2. The van der Waals surface area contributed by atoms with Gasteiger partial charge in [-0.15, -0.1) is 0 Å². The molecular weight excluding hydrogens is 328 g/mol. The summed E-state index contributed by atoms with van der Waals surface area (Å²) < 4.78 is 6.16. The Kier molecular flexibility index (Phi) is 6.17. The zero-order chi connectivity index (χ0) is 18.5. The van der Waals surface area contributed by atoms with Crippen LogP contribution in [0.5, 0.6) is 5.75 Å². The summed E-state index contributed by atoms with van der Waals surface area (Å²) in [6, 6.07) is 6.27. The second-order valence-corrected chi connectivity index (χ2v) is 7.64. The lowest BCUT2D eigenvalue weighted by atomic mass is 10.1. The molecule has 5 heteroatoms. The molecule has 142 valence electrons. The second kappa shape index (κ2) is 8.56. The third-order valence-corrected chi connectivity index (χ3v) is 5.25. The number of amides is 2. The molecule has 1 heterocycles. The molecule has 26 heavy (non-hydrogen) atoms. The molecule has 0 spiro atoms. The van der Waals surface area contributed by atoms with Gasteiger partial charge in [-0.05, 0) is 50.3 Å². The van der Waals surface area contributed by atoms with Crippen LogP contribution in [0, 0.1) is 19.8 Å². The molecule has 1 aromatic carbocycles. The Morgan fingerprint density at radius 2 is 1.88 bits per heavy atom. The molecule has 1 aliphatic carbocycles. The van der Waals surface area contributed by atoms with Gasteiger partial charge in [0.1, 0.15) is 11.9 Å². The highest BCUT2D eigenvalue weighted by Gasteiger charge is 2.29. The van der Waals surface area contributed by atoms with Crippen molar-refractivity contribution in [3.8, 4) is 5.75 Å². The van der Waals surface area contributed by atoms with Crippen LogP contribution in [-0.2, 0) is 9.59 Å². The summed E-state index contributed by atoms with van der Waals surface area (Å²) in [5.41, 5.74) is 2.36. The lowest BCUT2D eigenvalue weighted by molar-refractivity contribution is -0.133. The number of benzene rings is 1. The molecule has 0 radical (unpaired) electrons. The molecular formula is C21H30N2O3. The molecule has 1 saturated heterocycles. The summed E-state index contributed by atoms with van der Waals surface area (Å²) in [6.45, 7) is 6.25. The zero-order valence-corrected chi connectivity index (χ0v) is 15.9. The van der Waals surface area contributed by atoms with Gasteiger partial charge in [0.15, 0.2) is 0 Å². The fourth-order valence-corrected chi connectivity index (χ4v) is 3.34. The number of carbonyl (C=O) groups excluding carboxylic acids is 2. The molecule has 2 aliphatic rings. The molecule has 3 rings (SSSR count). The molecule has 0 aromatic heterocycles. The number of piperidine rings is 1. The van der Waals surface area contributed by atoms with Gasteiger partial charge in [0.25, 0.3) is 0 Å².